The van der Waals surface area contributed by atoms with Crippen LogP contribution in [0.5, 0.6) is 11.5 Å². The Morgan fingerprint density at radius 2 is 1.70 bits per heavy atom. The molecule has 0 aliphatic heterocycles. The van der Waals surface area contributed by atoms with Gasteiger partial charge in [-0.3, -0.25) is 0 Å². The Kier molecular flexibility index (Phi) is 6.61. The molecule has 1 aromatic rings. The topological polar surface area (TPSA) is 52.6 Å². The van der Waals surface area contributed by atoms with E-state index in [4.69, 9.17) is 21.1 Å². The summed E-state index contributed by atoms with van der Waals surface area (Å²) in [6.07, 6.45) is 1.16. The maximum Gasteiger partial charge on any atom is 0.162 e. The smallest absolute Gasteiger partial charge is 0.162 e. The number of hydrogen-bond acceptors (Lipinski definition) is 4. The molecule has 0 aliphatic carbocycles. The molecular formula is C13H18BrClO4S. The van der Waals surface area contributed by atoms with Gasteiger partial charge >= 0.3 is 0 Å². The molecule has 0 saturated carbocycles. The summed E-state index contributed by atoms with van der Waals surface area (Å²) >= 11 is 9.59. The highest BCUT2D eigenvalue weighted by molar-refractivity contribution is 9.10. The van der Waals surface area contributed by atoms with Crippen LogP contribution >= 0.6 is 27.5 Å². The van der Waals surface area contributed by atoms with E-state index in [1.54, 1.807) is 12.1 Å². The van der Waals surface area contributed by atoms with E-state index in [0.717, 1.165) is 6.26 Å². The third kappa shape index (κ3) is 5.14. The third-order valence-corrected chi connectivity index (χ3v) is 4.65. The molecule has 1 rings (SSSR count). The number of rotatable bonds is 7. The summed E-state index contributed by atoms with van der Waals surface area (Å²) in [5.41, 5.74) is 0.670. The molecule has 0 N–H and O–H groups in total. The Labute approximate surface area is 133 Å². The van der Waals surface area contributed by atoms with Gasteiger partial charge in [-0.25, -0.2) is 8.42 Å². The quantitative estimate of drug-likeness (QED) is 0.673. The lowest BCUT2D eigenvalue weighted by Crippen LogP contribution is -2.10. The van der Waals surface area contributed by atoms with Gasteiger partial charge in [0, 0.05) is 10.7 Å². The van der Waals surface area contributed by atoms with Crippen LogP contribution in [0.3, 0.4) is 0 Å². The molecule has 1 aromatic carbocycles. The Hall–Kier alpha value is -0.460. The van der Waals surface area contributed by atoms with E-state index in [2.05, 4.69) is 15.9 Å². The lowest BCUT2D eigenvalue weighted by Gasteiger charge is -2.16. The summed E-state index contributed by atoms with van der Waals surface area (Å²) < 4.78 is 34.4. The van der Waals surface area contributed by atoms with E-state index in [1.165, 1.54) is 0 Å². The first-order valence-corrected chi connectivity index (χ1v) is 9.48. The largest absolute Gasteiger partial charge is 0.490 e. The van der Waals surface area contributed by atoms with E-state index in [0.29, 0.717) is 34.7 Å². The first-order valence-electron chi connectivity index (χ1n) is 6.19. The number of benzene rings is 1. The first kappa shape index (κ1) is 17.6. The van der Waals surface area contributed by atoms with Gasteiger partial charge in [-0.2, -0.15) is 0 Å². The molecule has 0 spiro atoms. The van der Waals surface area contributed by atoms with Crippen molar-refractivity contribution in [3.05, 3.63) is 22.2 Å². The normalized spacial score (nSPS) is 13.1. The van der Waals surface area contributed by atoms with Crippen molar-refractivity contribution in [2.24, 2.45) is 0 Å². The van der Waals surface area contributed by atoms with Gasteiger partial charge in [-0.1, -0.05) is 15.9 Å². The first-order chi connectivity index (χ1) is 9.28. The second-order valence-electron chi connectivity index (χ2n) is 4.25. The molecule has 0 aromatic heterocycles. The van der Waals surface area contributed by atoms with Gasteiger partial charge in [0.05, 0.1) is 24.3 Å². The second-order valence-corrected chi connectivity index (χ2v) is 7.81. The Bertz CT molecular complexity index is 560. The van der Waals surface area contributed by atoms with Crippen molar-refractivity contribution in [3.8, 4) is 11.5 Å². The highest BCUT2D eigenvalue weighted by Crippen LogP contribution is 2.38. The summed E-state index contributed by atoms with van der Waals surface area (Å²) in [7, 11) is -3.16. The molecule has 4 nitrogen and oxygen atoms in total. The van der Waals surface area contributed by atoms with Crippen LogP contribution in [0.4, 0.5) is 0 Å². The van der Waals surface area contributed by atoms with Crippen molar-refractivity contribution in [1.82, 2.24) is 0 Å². The van der Waals surface area contributed by atoms with E-state index < -0.39 is 15.2 Å². The molecule has 7 heteroatoms. The monoisotopic (exact) mass is 384 g/mol. The average Bonchev–Trinajstić information content (AvgIpc) is 2.30. The standard InChI is InChI=1S/C13H18BrClO4S/c1-4-18-12-6-9(11(15)8-20(3,16)17)10(14)7-13(12)19-5-2/h6-7,11H,4-5,8H2,1-3H3. The molecule has 0 saturated heterocycles. The highest BCUT2D eigenvalue weighted by atomic mass is 79.9. The number of ether oxygens (including phenoxy) is 2. The van der Waals surface area contributed by atoms with Crippen molar-refractivity contribution >= 4 is 37.4 Å². The van der Waals surface area contributed by atoms with Gasteiger partial charge < -0.3 is 9.47 Å². The molecule has 0 fully saturated rings. The average molecular weight is 386 g/mol. The van der Waals surface area contributed by atoms with E-state index in [1.807, 2.05) is 13.8 Å². The molecule has 1 unspecified atom stereocenters. The molecule has 0 radical (unpaired) electrons. The number of hydrogen-bond donors (Lipinski definition) is 0. The Morgan fingerprint density at radius 3 is 2.15 bits per heavy atom. The number of sulfone groups is 1. The summed E-state index contributed by atoms with van der Waals surface area (Å²) in [5.74, 6) is 1.03. The van der Waals surface area contributed by atoms with Crippen molar-refractivity contribution < 1.29 is 17.9 Å². The Morgan fingerprint density at radius 1 is 1.20 bits per heavy atom. The molecule has 0 heterocycles. The maximum absolute atomic E-state index is 11.4. The number of halogens is 2. The molecule has 0 amide bonds. The van der Waals surface area contributed by atoms with Gasteiger partial charge in [0.1, 0.15) is 9.84 Å². The van der Waals surface area contributed by atoms with Crippen molar-refractivity contribution in [1.29, 1.82) is 0 Å². The van der Waals surface area contributed by atoms with Crippen LogP contribution in [0.15, 0.2) is 16.6 Å². The van der Waals surface area contributed by atoms with E-state index in [9.17, 15) is 8.42 Å². The van der Waals surface area contributed by atoms with Crippen molar-refractivity contribution in [2.75, 3.05) is 25.2 Å². The zero-order chi connectivity index (χ0) is 15.3. The minimum absolute atomic E-state index is 0.132. The molecule has 0 aliphatic rings. The SMILES string of the molecule is CCOc1cc(Br)c(C(Cl)CS(C)(=O)=O)cc1OCC. The minimum atomic E-state index is -3.16. The highest BCUT2D eigenvalue weighted by Gasteiger charge is 2.20. The van der Waals surface area contributed by atoms with Crippen molar-refractivity contribution in [3.63, 3.8) is 0 Å². The van der Waals surface area contributed by atoms with Crippen LogP contribution in [-0.2, 0) is 9.84 Å². The molecule has 20 heavy (non-hydrogen) atoms. The zero-order valence-electron chi connectivity index (χ0n) is 11.7. The van der Waals surface area contributed by atoms with E-state index in [-0.39, 0.29) is 5.75 Å². The molecular weight excluding hydrogens is 368 g/mol. The fourth-order valence-corrected chi connectivity index (χ4v) is 3.99. The minimum Gasteiger partial charge on any atom is -0.490 e. The fraction of sp³-hybridized carbons (Fsp3) is 0.538. The van der Waals surface area contributed by atoms with Gasteiger partial charge in [0.2, 0.25) is 0 Å². The van der Waals surface area contributed by atoms with Gasteiger partial charge in [0.25, 0.3) is 0 Å². The summed E-state index contributed by atoms with van der Waals surface area (Å²) in [5, 5.41) is -0.644. The number of alkyl halides is 1. The van der Waals surface area contributed by atoms with Crippen LogP contribution in [0.2, 0.25) is 0 Å². The van der Waals surface area contributed by atoms with E-state index >= 15 is 0 Å². The summed E-state index contributed by atoms with van der Waals surface area (Å²) in [6.45, 7) is 4.75. The van der Waals surface area contributed by atoms with Gasteiger partial charge in [-0.15, -0.1) is 11.6 Å². The van der Waals surface area contributed by atoms with Crippen LogP contribution < -0.4 is 9.47 Å². The van der Waals surface area contributed by atoms with Gasteiger partial charge in [0.15, 0.2) is 11.5 Å². The molecule has 1 atom stereocenters. The third-order valence-electron chi connectivity index (χ3n) is 2.45. The summed E-state index contributed by atoms with van der Waals surface area (Å²) in [6, 6.07) is 3.48. The zero-order valence-corrected chi connectivity index (χ0v) is 14.8. The van der Waals surface area contributed by atoms with Crippen LogP contribution in [0, 0.1) is 0 Å². The predicted molar refractivity (Wildman–Crippen MR) is 84.8 cm³/mol. The second kappa shape index (κ2) is 7.52. The molecule has 0 bridgehead atoms. The fourth-order valence-electron chi connectivity index (χ4n) is 1.68. The predicted octanol–water partition coefficient (Wildman–Crippen LogP) is 3.57. The van der Waals surface area contributed by atoms with Gasteiger partial charge in [-0.05, 0) is 31.5 Å². The summed E-state index contributed by atoms with van der Waals surface area (Å²) in [4.78, 5) is 0. The van der Waals surface area contributed by atoms with Crippen LogP contribution in [0.1, 0.15) is 24.8 Å². The molecule has 114 valence electrons. The van der Waals surface area contributed by atoms with Crippen LogP contribution in [0.25, 0.3) is 0 Å². The van der Waals surface area contributed by atoms with Crippen molar-refractivity contribution in [2.45, 2.75) is 19.2 Å². The van der Waals surface area contributed by atoms with Crippen LogP contribution in [-0.4, -0.2) is 33.6 Å². The maximum atomic E-state index is 11.4. The Balaban J connectivity index is 3.17. The lowest BCUT2D eigenvalue weighted by atomic mass is 10.1. The lowest BCUT2D eigenvalue weighted by molar-refractivity contribution is 0.287.